The Morgan fingerprint density at radius 1 is 1.31 bits per heavy atom. The zero-order valence-corrected chi connectivity index (χ0v) is 12.0. The van der Waals surface area contributed by atoms with Crippen LogP contribution in [0.5, 0.6) is 0 Å². The van der Waals surface area contributed by atoms with E-state index in [2.05, 4.69) is 32.6 Å². The summed E-state index contributed by atoms with van der Waals surface area (Å²) in [5, 5.41) is 2.98. The summed E-state index contributed by atoms with van der Waals surface area (Å²) in [4.78, 5) is 0. The number of hydrogen-bond acceptors (Lipinski definition) is 3. The second-order valence-corrected chi connectivity index (χ2v) is 6.26. The van der Waals surface area contributed by atoms with Crippen LogP contribution >= 0.6 is 22.6 Å². The van der Waals surface area contributed by atoms with Crippen LogP contribution in [0.25, 0.3) is 0 Å². The minimum atomic E-state index is -3.25. The summed E-state index contributed by atoms with van der Waals surface area (Å²) >= 11 is 2.10. The van der Waals surface area contributed by atoms with Crippen molar-refractivity contribution in [2.75, 3.05) is 23.6 Å². The first kappa shape index (κ1) is 13.7. The van der Waals surface area contributed by atoms with Crippen molar-refractivity contribution in [2.24, 2.45) is 0 Å². The average molecular weight is 354 g/mol. The molecule has 0 saturated heterocycles. The third-order valence-corrected chi connectivity index (χ3v) is 4.15. The van der Waals surface area contributed by atoms with E-state index in [4.69, 9.17) is 0 Å². The van der Waals surface area contributed by atoms with Gasteiger partial charge < -0.3 is 5.32 Å². The van der Waals surface area contributed by atoms with Gasteiger partial charge in [0.25, 0.3) is 0 Å². The number of nitrogens with one attached hydrogen (secondary N) is 2. The SMILES string of the molecule is CCNCCS(=O)(=O)Nc1ccccc1I. The lowest BCUT2D eigenvalue weighted by Gasteiger charge is -2.09. The maximum absolute atomic E-state index is 11.7. The zero-order valence-electron chi connectivity index (χ0n) is 9.03. The summed E-state index contributed by atoms with van der Waals surface area (Å²) in [7, 11) is -3.25. The first-order valence-electron chi connectivity index (χ1n) is 5.01. The van der Waals surface area contributed by atoms with Crippen LogP contribution in [0.3, 0.4) is 0 Å². The highest BCUT2D eigenvalue weighted by Gasteiger charge is 2.10. The second-order valence-electron chi connectivity index (χ2n) is 3.25. The summed E-state index contributed by atoms with van der Waals surface area (Å²) in [5.41, 5.74) is 0.639. The van der Waals surface area contributed by atoms with Crippen molar-refractivity contribution in [1.29, 1.82) is 0 Å². The molecule has 0 aromatic heterocycles. The Balaban J connectivity index is 2.63. The van der Waals surface area contributed by atoms with Crippen LogP contribution in [0, 0.1) is 3.57 Å². The van der Waals surface area contributed by atoms with Gasteiger partial charge in [-0.3, -0.25) is 4.72 Å². The van der Waals surface area contributed by atoms with Crippen molar-refractivity contribution in [1.82, 2.24) is 5.32 Å². The first-order valence-corrected chi connectivity index (χ1v) is 7.74. The molecule has 0 aliphatic heterocycles. The molecule has 0 unspecified atom stereocenters. The Morgan fingerprint density at radius 3 is 2.62 bits per heavy atom. The van der Waals surface area contributed by atoms with E-state index in [1.165, 1.54) is 0 Å². The van der Waals surface area contributed by atoms with E-state index in [0.717, 1.165) is 10.1 Å². The smallest absolute Gasteiger partial charge is 0.234 e. The Labute approximate surface area is 110 Å². The maximum atomic E-state index is 11.7. The van der Waals surface area contributed by atoms with Crippen molar-refractivity contribution in [3.63, 3.8) is 0 Å². The van der Waals surface area contributed by atoms with E-state index in [0.29, 0.717) is 12.2 Å². The third kappa shape index (κ3) is 4.67. The molecule has 1 aromatic carbocycles. The molecule has 0 radical (unpaired) electrons. The molecular formula is C10H15IN2O2S. The van der Waals surface area contributed by atoms with Gasteiger partial charge in [0.1, 0.15) is 0 Å². The topological polar surface area (TPSA) is 58.2 Å². The normalized spacial score (nSPS) is 11.4. The molecule has 90 valence electrons. The van der Waals surface area contributed by atoms with Crippen molar-refractivity contribution in [3.05, 3.63) is 27.8 Å². The quantitative estimate of drug-likeness (QED) is 0.603. The van der Waals surface area contributed by atoms with Crippen LogP contribution in [0.2, 0.25) is 0 Å². The summed E-state index contributed by atoms with van der Waals surface area (Å²) in [5.74, 6) is 0.0891. The standard InChI is InChI=1S/C10H15IN2O2S/c1-2-12-7-8-16(14,15)13-10-6-4-3-5-9(10)11/h3-6,12-13H,2,7-8H2,1H3. The van der Waals surface area contributed by atoms with E-state index < -0.39 is 10.0 Å². The van der Waals surface area contributed by atoms with Crippen molar-refractivity contribution in [3.8, 4) is 0 Å². The van der Waals surface area contributed by atoms with Gasteiger partial charge in [-0.25, -0.2) is 8.42 Å². The maximum Gasteiger partial charge on any atom is 0.234 e. The van der Waals surface area contributed by atoms with Crippen LogP contribution in [0.15, 0.2) is 24.3 Å². The molecule has 0 heterocycles. The average Bonchev–Trinajstić information content (AvgIpc) is 2.21. The van der Waals surface area contributed by atoms with Gasteiger partial charge in [0.15, 0.2) is 0 Å². The second kappa shape index (κ2) is 6.41. The first-order chi connectivity index (χ1) is 7.55. The van der Waals surface area contributed by atoms with Crippen LogP contribution in [0.4, 0.5) is 5.69 Å². The van der Waals surface area contributed by atoms with Crippen LogP contribution < -0.4 is 10.0 Å². The van der Waals surface area contributed by atoms with Crippen LogP contribution in [-0.4, -0.2) is 27.3 Å². The van der Waals surface area contributed by atoms with Gasteiger partial charge in [0.05, 0.1) is 11.4 Å². The highest BCUT2D eigenvalue weighted by molar-refractivity contribution is 14.1. The van der Waals surface area contributed by atoms with Crippen molar-refractivity contribution >= 4 is 38.3 Å². The van der Waals surface area contributed by atoms with Crippen LogP contribution in [0.1, 0.15) is 6.92 Å². The zero-order chi connectivity index (χ0) is 12.0. The van der Waals surface area contributed by atoms with Gasteiger partial charge in [-0.2, -0.15) is 0 Å². The minimum absolute atomic E-state index is 0.0891. The molecule has 16 heavy (non-hydrogen) atoms. The fourth-order valence-electron chi connectivity index (χ4n) is 1.15. The fourth-order valence-corrected chi connectivity index (χ4v) is 2.88. The molecule has 0 aliphatic rings. The molecule has 1 rings (SSSR count). The van der Waals surface area contributed by atoms with Gasteiger partial charge in [0.2, 0.25) is 10.0 Å². The molecule has 1 aromatic rings. The van der Waals surface area contributed by atoms with E-state index in [-0.39, 0.29) is 5.75 Å². The molecule has 0 spiro atoms. The van der Waals surface area contributed by atoms with E-state index in [1.54, 1.807) is 6.07 Å². The largest absolute Gasteiger partial charge is 0.316 e. The van der Waals surface area contributed by atoms with Gasteiger partial charge >= 0.3 is 0 Å². The molecule has 2 N–H and O–H groups in total. The lowest BCUT2D eigenvalue weighted by Crippen LogP contribution is -2.26. The molecule has 0 saturated carbocycles. The highest BCUT2D eigenvalue weighted by atomic mass is 127. The summed E-state index contributed by atoms with van der Waals surface area (Å²) < 4.78 is 26.8. The molecule has 0 aliphatic carbocycles. The molecular weight excluding hydrogens is 339 g/mol. The monoisotopic (exact) mass is 354 g/mol. The number of anilines is 1. The number of para-hydroxylation sites is 1. The number of hydrogen-bond donors (Lipinski definition) is 2. The Bertz CT molecular complexity index is 434. The number of benzene rings is 1. The van der Waals surface area contributed by atoms with E-state index >= 15 is 0 Å². The Hall–Kier alpha value is -0.340. The predicted molar refractivity (Wildman–Crippen MR) is 75.1 cm³/mol. The molecule has 4 nitrogen and oxygen atoms in total. The molecule has 0 atom stereocenters. The van der Waals surface area contributed by atoms with Crippen LogP contribution in [-0.2, 0) is 10.0 Å². The lowest BCUT2D eigenvalue weighted by molar-refractivity contribution is 0.597. The summed E-state index contributed by atoms with van der Waals surface area (Å²) in [6, 6.07) is 7.30. The predicted octanol–water partition coefficient (Wildman–Crippen LogP) is 1.64. The van der Waals surface area contributed by atoms with Crippen molar-refractivity contribution in [2.45, 2.75) is 6.92 Å². The van der Waals surface area contributed by atoms with E-state index in [1.807, 2.05) is 25.1 Å². The number of halogens is 1. The van der Waals surface area contributed by atoms with Gasteiger partial charge in [-0.05, 0) is 41.3 Å². The number of rotatable bonds is 6. The third-order valence-electron chi connectivity index (χ3n) is 1.94. The van der Waals surface area contributed by atoms with Crippen molar-refractivity contribution < 1.29 is 8.42 Å². The van der Waals surface area contributed by atoms with E-state index in [9.17, 15) is 8.42 Å². The van der Waals surface area contributed by atoms with Gasteiger partial charge in [0, 0.05) is 10.1 Å². The Morgan fingerprint density at radius 2 is 2.00 bits per heavy atom. The van der Waals surface area contributed by atoms with Gasteiger partial charge in [-0.15, -0.1) is 0 Å². The Kier molecular flexibility index (Phi) is 5.50. The molecule has 0 amide bonds. The molecule has 0 fully saturated rings. The minimum Gasteiger partial charge on any atom is -0.316 e. The summed E-state index contributed by atoms with van der Waals surface area (Å²) in [6.07, 6.45) is 0. The molecule has 0 bridgehead atoms. The highest BCUT2D eigenvalue weighted by Crippen LogP contribution is 2.18. The summed E-state index contributed by atoms with van der Waals surface area (Å²) in [6.45, 7) is 3.19. The van der Waals surface area contributed by atoms with Gasteiger partial charge in [-0.1, -0.05) is 19.1 Å². The molecule has 6 heteroatoms. The fraction of sp³-hybridized carbons (Fsp3) is 0.400. The number of sulfonamides is 1. The lowest BCUT2D eigenvalue weighted by atomic mass is 10.3.